The Kier molecular flexibility index (Phi) is 3.83. The summed E-state index contributed by atoms with van der Waals surface area (Å²) in [5, 5.41) is 7.01. The summed E-state index contributed by atoms with van der Waals surface area (Å²) in [6, 6.07) is 9.44. The summed E-state index contributed by atoms with van der Waals surface area (Å²) in [6.07, 6.45) is 2.56. The van der Waals surface area contributed by atoms with Crippen molar-refractivity contribution < 1.29 is 0 Å². The van der Waals surface area contributed by atoms with Crippen LogP contribution in [0.15, 0.2) is 24.3 Å². The molecule has 0 amide bonds. The Balaban J connectivity index is 1.93. The lowest BCUT2D eigenvalue weighted by Gasteiger charge is -2.25. The van der Waals surface area contributed by atoms with Crippen molar-refractivity contribution in [3.05, 3.63) is 29.8 Å². The Morgan fingerprint density at radius 2 is 2.00 bits per heavy atom. The average molecular weight is 218 g/mol. The molecule has 2 rings (SSSR count). The van der Waals surface area contributed by atoms with Gasteiger partial charge in [-0.1, -0.05) is 26.0 Å². The van der Waals surface area contributed by atoms with Crippen molar-refractivity contribution in [1.82, 2.24) is 5.32 Å². The molecule has 0 bridgehead atoms. The van der Waals surface area contributed by atoms with E-state index in [1.54, 1.807) is 0 Å². The van der Waals surface area contributed by atoms with Crippen LogP contribution in [0.4, 0.5) is 5.69 Å². The molecular weight excluding hydrogens is 196 g/mol. The lowest BCUT2D eigenvalue weighted by Crippen LogP contribution is -2.38. The van der Waals surface area contributed by atoms with Gasteiger partial charge < -0.3 is 10.6 Å². The monoisotopic (exact) mass is 218 g/mol. The number of piperidine rings is 1. The molecule has 2 nitrogen and oxygen atoms in total. The van der Waals surface area contributed by atoms with E-state index in [0.29, 0.717) is 12.0 Å². The molecule has 0 radical (unpaired) electrons. The van der Waals surface area contributed by atoms with Gasteiger partial charge in [-0.15, -0.1) is 0 Å². The molecular formula is C14H22N2. The van der Waals surface area contributed by atoms with Gasteiger partial charge in [0.2, 0.25) is 0 Å². The molecule has 0 aliphatic carbocycles. The second-order valence-corrected chi connectivity index (χ2v) is 4.96. The highest BCUT2D eigenvalue weighted by Crippen LogP contribution is 2.18. The average Bonchev–Trinajstić information content (AvgIpc) is 2.31. The number of nitrogens with one attached hydrogen (secondary N) is 2. The van der Waals surface area contributed by atoms with Crippen molar-refractivity contribution in [1.29, 1.82) is 0 Å². The Morgan fingerprint density at radius 1 is 1.25 bits per heavy atom. The van der Waals surface area contributed by atoms with E-state index in [2.05, 4.69) is 48.7 Å². The maximum absolute atomic E-state index is 3.58. The fourth-order valence-electron chi connectivity index (χ4n) is 2.17. The van der Waals surface area contributed by atoms with Crippen molar-refractivity contribution >= 4 is 5.69 Å². The largest absolute Gasteiger partial charge is 0.381 e. The number of hydrogen-bond acceptors (Lipinski definition) is 2. The highest BCUT2D eigenvalue weighted by molar-refractivity contribution is 5.46. The van der Waals surface area contributed by atoms with Crippen LogP contribution >= 0.6 is 0 Å². The number of hydrogen-bond donors (Lipinski definition) is 2. The summed E-state index contributed by atoms with van der Waals surface area (Å²) in [5.74, 6) is 0.616. The van der Waals surface area contributed by atoms with E-state index in [0.717, 1.165) is 6.54 Å². The summed E-state index contributed by atoms with van der Waals surface area (Å²) < 4.78 is 0. The van der Waals surface area contributed by atoms with Crippen LogP contribution in [0.3, 0.4) is 0 Å². The van der Waals surface area contributed by atoms with Crippen molar-refractivity contribution in [2.75, 3.05) is 18.4 Å². The molecule has 16 heavy (non-hydrogen) atoms. The maximum atomic E-state index is 3.58. The molecule has 0 saturated carbocycles. The van der Waals surface area contributed by atoms with E-state index >= 15 is 0 Å². The molecule has 2 heteroatoms. The minimum atomic E-state index is 0.596. The van der Waals surface area contributed by atoms with Gasteiger partial charge in [0.15, 0.2) is 0 Å². The molecule has 1 fully saturated rings. The second-order valence-electron chi connectivity index (χ2n) is 4.96. The molecule has 1 saturated heterocycles. The first-order valence-corrected chi connectivity index (χ1v) is 6.33. The van der Waals surface area contributed by atoms with E-state index in [-0.39, 0.29) is 0 Å². The number of rotatable bonds is 3. The van der Waals surface area contributed by atoms with Gasteiger partial charge in [-0.2, -0.15) is 0 Å². The zero-order valence-electron chi connectivity index (χ0n) is 10.3. The molecule has 1 heterocycles. The highest BCUT2D eigenvalue weighted by Gasteiger charge is 2.12. The zero-order valence-corrected chi connectivity index (χ0v) is 10.3. The lowest BCUT2D eigenvalue weighted by molar-refractivity contribution is 0.480. The second kappa shape index (κ2) is 5.35. The van der Waals surface area contributed by atoms with Gasteiger partial charge in [-0.3, -0.25) is 0 Å². The van der Waals surface area contributed by atoms with Gasteiger partial charge in [0.25, 0.3) is 0 Å². The van der Waals surface area contributed by atoms with Crippen molar-refractivity contribution in [3.8, 4) is 0 Å². The van der Waals surface area contributed by atoms with Crippen molar-refractivity contribution in [3.63, 3.8) is 0 Å². The van der Waals surface area contributed by atoms with E-state index in [1.807, 2.05) is 0 Å². The van der Waals surface area contributed by atoms with Crippen molar-refractivity contribution in [2.45, 2.75) is 38.6 Å². The molecule has 1 unspecified atom stereocenters. The number of anilines is 1. The normalized spacial score (nSPS) is 21.1. The summed E-state index contributed by atoms with van der Waals surface area (Å²) in [4.78, 5) is 0. The summed E-state index contributed by atoms with van der Waals surface area (Å²) in [5.41, 5.74) is 2.66. The maximum Gasteiger partial charge on any atom is 0.0386 e. The van der Waals surface area contributed by atoms with Crippen LogP contribution in [0.1, 0.15) is 38.2 Å². The zero-order chi connectivity index (χ0) is 11.4. The first-order chi connectivity index (χ1) is 7.75. The third-order valence-electron chi connectivity index (χ3n) is 3.25. The molecule has 88 valence electrons. The van der Waals surface area contributed by atoms with E-state index < -0.39 is 0 Å². The van der Waals surface area contributed by atoms with Gasteiger partial charge in [0, 0.05) is 18.3 Å². The summed E-state index contributed by atoms with van der Waals surface area (Å²) in [7, 11) is 0. The van der Waals surface area contributed by atoms with Crippen LogP contribution in [0.5, 0.6) is 0 Å². The van der Waals surface area contributed by atoms with Gasteiger partial charge in [0.05, 0.1) is 0 Å². The third kappa shape index (κ3) is 2.99. The quantitative estimate of drug-likeness (QED) is 0.815. The molecule has 0 spiro atoms. The van der Waals surface area contributed by atoms with Gasteiger partial charge in [0.1, 0.15) is 0 Å². The first-order valence-electron chi connectivity index (χ1n) is 6.33. The molecule has 1 aliphatic heterocycles. The molecule has 1 aromatic carbocycles. The Bertz CT molecular complexity index is 310. The van der Waals surface area contributed by atoms with Crippen LogP contribution in [0.25, 0.3) is 0 Å². The van der Waals surface area contributed by atoms with Gasteiger partial charge in [-0.25, -0.2) is 0 Å². The van der Waals surface area contributed by atoms with E-state index in [4.69, 9.17) is 0 Å². The van der Waals surface area contributed by atoms with Crippen LogP contribution in [0, 0.1) is 0 Å². The summed E-state index contributed by atoms with van der Waals surface area (Å²) >= 11 is 0. The smallest absolute Gasteiger partial charge is 0.0386 e. The minimum Gasteiger partial charge on any atom is -0.381 e. The Morgan fingerprint density at radius 3 is 2.56 bits per heavy atom. The van der Waals surface area contributed by atoms with Gasteiger partial charge >= 0.3 is 0 Å². The SMILES string of the molecule is CC(C)c1ccc(NC2CCCNC2)cc1. The lowest BCUT2D eigenvalue weighted by atomic mass is 10.0. The Labute approximate surface area is 98.4 Å². The fourth-order valence-corrected chi connectivity index (χ4v) is 2.17. The third-order valence-corrected chi connectivity index (χ3v) is 3.25. The van der Waals surface area contributed by atoms with Crippen LogP contribution < -0.4 is 10.6 Å². The minimum absolute atomic E-state index is 0.596. The Hall–Kier alpha value is -1.02. The number of benzene rings is 1. The predicted octanol–water partition coefficient (Wildman–Crippen LogP) is 2.97. The molecule has 1 atom stereocenters. The fraction of sp³-hybridized carbons (Fsp3) is 0.571. The standard InChI is InChI=1S/C14H22N2/c1-11(2)12-5-7-13(8-6-12)16-14-4-3-9-15-10-14/h5-8,11,14-16H,3-4,9-10H2,1-2H3. The highest BCUT2D eigenvalue weighted by atomic mass is 15.0. The van der Waals surface area contributed by atoms with Gasteiger partial charge in [-0.05, 0) is 43.0 Å². The predicted molar refractivity (Wildman–Crippen MR) is 70.0 cm³/mol. The molecule has 0 aromatic heterocycles. The van der Waals surface area contributed by atoms with E-state index in [9.17, 15) is 0 Å². The van der Waals surface area contributed by atoms with Crippen LogP contribution in [0.2, 0.25) is 0 Å². The summed E-state index contributed by atoms with van der Waals surface area (Å²) in [6.45, 7) is 6.72. The van der Waals surface area contributed by atoms with Crippen LogP contribution in [-0.4, -0.2) is 19.1 Å². The van der Waals surface area contributed by atoms with Crippen LogP contribution in [-0.2, 0) is 0 Å². The van der Waals surface area contributed by atoms with Crippen molar-refractivity contribution in [2.24, 2.45) is 0 Å². The van der Waals surface area contributed by atoms with E-state index in [1.165, 1.54) is 30.6 Å². The molecule has 1 aliphatic rings. The first kappa shape index (κ1) is 11.5. The molecule has 1 aromatic rings. The topological polar surface area (TPSA) is 24.1 Å². The molecule has 2 N–H and O–H groups in total.